The maximum absolute atomic E-state index is 12.4. The quantitative estimate of drug-likeness (QED) is 0.508. The number of amides is 1. The minimum atomic E-state index is -0.582. The number of nitrogens with zero attached hydrogens (tertiary/aromatic N) is 2. The van der Waals surface area contributed by atoms with Crippen molar-refractivity contribution in [3.63, 3.8) is 0 Å². The standard InChI is InChI=1S/C13H12BrN3O3S/c1-16(6-8-4-12(14)21-7-8)13(18)10-5-9(15)2-3-11(10)17(19)20/h2-5,7H,6,15H2,1H3. The fraction of sp³-hybridized carbons (Fsp3) is 0.154. The Hall–Kier alpha value is -1.93. The Morgan fingerprint density at radius 1 is 1.48 bits per heavy atom. The summed E-state index contributed by atoms with van der Waals surface area (Å²) >= 11 is 4.87. The smallest absolute Gasteiger partial charge is 0.282 e. The molecular formula is C13H12BrN3O3S. The lowest BCUT2D eigenvalue weighted by molar-refractivity contribution is -0.385. The molecule has 0 aliphatic carbocycles. The molecule has 0 saturated carbocycles. The number of nitro groups is 1. The van der Waals surface area contributed by atoms with Crippen LogP contribution in [-0.4, -0.2) is 22.8 Å². The number of anilines is 1. The topological polar surface area (TPSA) is 89.5 Å². The fourth-order valence-electron chi connectivity index (χ4n) is 1.86. The van der Waals surface area contributed by atoms with Gasteiger partial charge in [0.15, 0.2) is 0 Å². The molecule has 0 atom stereocenters. The Morgan fingerprint density at radius 3 is 2.76 bits per heavy atom. The third kappa shape index (κ3) is 3.59. The molecule has 1 heterocycles. The number of nitro benzene ring substituents is 1. The van der Waals surface area contributed by atoms with Crippen molar-refractivity contribution in [2.24, 2.45) is 0 Å². The van der Waals surface area contributed by atoms with Gasteiger partial charge in [-0.3, -0.25) is 14.9 Å². The lowest BCUT2D eigenvalue weighted by Gasteiger charge is -2.16. The third-order valence-corrected chi connectivity index (χ3v) is 4.39. The van der Waals surface area contributed by atoms with Crippen molar-refractivity contribution in [1.29, 1.82) is 0 Å². The van der Waals surface area contributed by atoms with E-state index in [4.69, 9.17) is 5.73 Å². The van der Waals surface area contributed by atoms with Crippen LogP contribution >= 0.6 is 27.3 Å². The van der Waals surface area contributed by atoms with Crippen molar-refractivity contribution in [3.05, 3.63) is 54.7 Å². The first-order valence-corrected chi connectivity index (χ1v) is 7.58. The number of carbonyl (C=O) groups excluding carboxylic acids is 1. The summed E-state index contributed by atoms with van der Waals surface area (Å²) in [7, 11) is 1.60. The Bertz CT molecular complexity index is 702. The molecule has 0 saturated heterocycles. The molecule has 21 heavy (non-hydrogen) atoms. The van der Waals surface area contributed by atoms with Gasteiger partial charge in [0.2, 0.25) is 0 Å². The van der Waals surface area contributed by atoms with E-state index in [-0.39, 0.29) is 11.3 Å². The van der Waals surface area contributed by atoms with Gasteiger partial charge in [0.05, 0.1) is 8.71 Å². The number of halogens is 1. The van der Waals surface area contributed by atoms with E-state index in [0.29, 0.717) is 12.2 Å². The summed E-state index contributed by atoms with van der Waals surface area (Å²) in [6.45, 7) is 0.368. The zero-order chi connectivity index (χ0) is 15.6. The number of thiophene rings is 1. The van der Waals surface area contributed by atoms with Gasteiger partial charge in [-0.2, -0.15) is 0 Å². The molecule has 2 aromatic rings. The van der Waals surface area contributed by atoms with Crippen molar-refractivity contribution in [2.75, 3.05) is 12.8 Å². The zero-order valence-corrected chi connectivity index (χ0v) is 13.5. The molecule has 6 nitrogen and oxygen atoms in total. The lowest BCUT2D eigenvalue weighted by atomic mass is 10.1. The first-order valence-electron chi connectivity index (χ1n) is 5.91. The maximum atomic E-state index is 12.4. The molecule has 0 unspecified atom stereocenters. The lowest BCUT2D eigenvalue weighted by Crippen LogP contribution is -2.26. The van der Waals surface area contributed by atoms with Crippen LogP contribution in [0.1, 0.15) is 15.9 Å². The molecule has 0 aliphatic rings. The minimum absolute atomic E-state index is 0.00297. The number of rotatable bonds is 4. The number of hydrogen-bond acceptors (Lipinski definition) is 5. The van der Waals surface area contributed by atoms with E-state index < -0.39 is 10.8 Å². The van der Waals surface area contributed by atoms with Crippen molar-refractivity contribution < 1.29 is 9.72 Å². The van der Waals surface area contributed by atoms with E-state index in [9.17, 15) is 14.9 Å². The average Bonchev–Trinajstić information content (AvgIpc) is 2.82. The Morgan fingerprint density at radius 2 is 2.19 bits per heavy atom. The van der Waals surface area contributed by atoms with Crippen molar-refractivity contribution >= 4 is 44.5 Å². The molecule has 2 N–H and O–H groups in total. The molecular weight excluding hydrogens is 358 g/mol. The summed E-state index contributed by atoms with van der Waals surface area (Å²) in [6, 6.07) is 5.89. The number of carbonyl (C=O) groups is 1. The van der Waals surface area contributed by atoms with E-state index in [1.165, 1.54) is 34.4 Å². The van der Waals surface area contributed by atoms with Crippen molar-refractivity contribution in [1.82, 2.24) is 4.90 Å². The summed E-state index contributed by atoms with van der Waals surface area (Å²) in [5.41, 5.74) is 6.65. The highest BCUT2D eigenvalue weighted by molar-refractivity contribution is 9.11. The van der Waals surface area contributed by atoms with E-state index in [0.717, 1.165) is 9.35 Å². The molecule has 1 aromatic carbocycles. The summed E-state index contributed by atoms with van der Waals surface area (Å²) in [6.07, 6.45) is 0. The number of hydrogen-bond donors (Lipinski definition) is 1. The van der Waals surface area contributed by atoms with Crippen LogP contribution in [0.5, 0.6) is 0 Å². The Balaban J connectivity index is 2.26. The van der Waals surface area contributed by atoms with Crippen LogP contribution in [0.15, 0.2) is 33.4 Å². The van der Waals surface area contributed by atoms with Crippen LogP contribution in [0.25, 0.3) is 0 Å². The maximum Gasteiger partial charge on any atom is 0.282 e. The molecule has 8 heteroatoms. The van der Waals surface area contributed by atoms with Crippen LogP contribution in [0.3, 0.4) is 0 Å². The van der Waals surface area contributed by atoms with Gasteiger partial charge in [-0.1, -0.05) is 0 Å². The SMILES string of the molecule is CN(Cc1csc(Br)c1)C(=O)c1cc(N)ccc1[N+](=O)[O-]. The highest BCUT2D eigenvalue weighted by Gasteiger charge is 2.23. The highest BCUT2D eigenvalue weighted by Crippen LogP contribution is 2.25. The van der Waals surface area contributed by atoms with Crippen molar-refractivity contribution in [3.8, 4) is 0 Å². The highest BCUT2D eigenvalue weighted by atomic mass is 79.9. The second kappa shape index (κ2) is 6.23. The molecule has 0 radical (unpaired) electrons. The van der Waals surface area contributed by atoms with Gasteiger partial charge in [0.25, 0.3) is 11.6 Å². The Labute approximate surface area is 133 Å². The summed E-state index contributed by atoms with van der Waals surface area (Å²) in [5.74, 6) is -0.434. The molecule has 2 rings (SSSR count). The Kier molecular flexibility index (Phi) is 4.59. The second-order valence-corrected chi connectivity index (χ2v) is 6.74. The minimum Gasteiger partial charge on any atom is -0.399 e. The largest absolute Gasteiger partial charge is 0.399 e. The van der Waals surface area contributed by atoms with Crippen LogP contribution in [-0.2, 0) is 6.54 Å². The first kappa shape index (κ1) is 15.5. The molecule has 0 aliphatic heterocycles. The zero-order valence-electron chi connectivity index (χ0n) is 11.1. The second-order valence-electron chi connectivity index (χ2n) is 4.45. The average molecular weight is 370 g/mol. The van der Waals surface area contributed by atoms with Gasteiger partial charge in [0.1, 0.15) is 5.56 Å². The molecule has 0 bridgehead atoms. The number of nitrogens with two attached hydrogens (primary N) is 1. The monoisotopic (exact) mass is 369 g/mol. The van der Waals surface area contributed by atoms with E-state index in [2.05, 4.69) is 15.9 Å². The molecule has 0 spiro atoms. The van der Waals surface area contributed by atoms with Crippen molar-refractivity contribution in [2.45, 2.75) is 6.54 Å². The number of benzene rings is 1. The van der Waals surface area contributed by atoms with Gasteiger partial charge >= 0.3 is 0 Å². The van der Waals surface area contributed by atoms with Crippen LogP contribution in [0.4, 0.5) is 11.4 Å². The van der Waals surface area contributed by atoms with Gasteiger partial charge < -0.3 is 10.6 Å². The van der Waals surface area contributed by atoms with Crippen LogP contribution < -0.4 is 5.73 Å². The van der Waals surface area contributed by atoms with Gasteiger partial charge in [-0.25, -0.2) is 0 Å². The predicted molar refractivity (Wildman–Crippen MR) is 85.3 cm³/mol. The summed E-state index contributed by atoms with van der Waals surface area (Å²) < 4.78 is 0.966. The fourth-order valence-corrected chi connectivity index (χ4v) is 3.06. The van der Waals surface area contributed by atoms with E-state index >= 15 is 0 Å². The summed E-state index contributed by atoms with van der Waals surface area (Å²) in [4.78, 5) is 24.2. The van der Waals surface area contributed by atoms with Gasteiger partial charge in [-0.15, -0.1) is 11.3 Å². The molecule has 1 aromatic heterocycles. The number of nitrogen functional groups attached to an aromatic ring is 1. The normalized spacial score (nSPS) is 10.4. The predicted octanol–water partition coefficient (Wildman–Crippen LogP) is 3.27. The van der Waals surface area contributed by atoms with E-state index in [1.807, 2.05) is 11.4 Å². The molecule has 1 amide bonds. The molecule has 0 fully saturated rings. The third-order valence-electron chi connectivity index (χ3n) is 2.84. The van der Waals surface area contributed by atoms with E-state index in [1.54, 1.807) is 7.05 Å². The van der Waals surface area contributed by atoms with Crippen LogP contribution in [0.2, 0.25) is 0 Å². The van der Waals surface area contributed by atoms with Gasteiger partial charge in [-0.05, 0) is 45.1 Å². The first-order chi connectivity index (χ1) is 9.88. The summed E-state index contributed by atoms with van der Waals surface area (Å²) in [5, 5.41) is 12.9. The molecule has 110 valence electrons. The van der Waals surface area contributed by atoms with Crippen LogP contribution in [0, 0.1) is 10.1 Å². The van der Waals surface area contributed by atoms with Gasteiger partial charge in [0, 0.05) is 25.3 Å².